The molecule has 6 rings (SSSR count). The molecule has 6 aliphatic rings. The van der Waals surface area contributed by atoms with Crippen LogP contribution < -0.4 is 0 Å². The van der Waals surface area contributed by atoms with Crippen LogP contribution in [0.15, 0.2) is 0 Å². The van der Waals surface area contributed by atoms with Gasteiger partial charge in [0, 0.05) is 16.3 Å². The lowest BCUT2D eigenvalue weighted by Crippen LogP contribution is -2.54. The molecule has 2 heterocycles. The number of alkyl halides is 1. The minimum absolute atomic E-state index is 0.255. The van der Waals surface area contributed by atoms with E-state index in [2.05, 4.69) is 50.3 Å². The average Bonchev–Trinajstić information content (AvgIpc) is 3.16. The van der Waals surface area contributed by atoms with Gasteiger partial charge in [-0.05, 0) is 104 Å². The van der Waals surface area contributed by atoms with Crippen molar-refractivity contribution in [1.29, 1.82) is 0 Å². The smallest absolute Gasteiger partial charge is 0.171 e. The van der Waals surface area contributed by atoms with Crippen molar-refractivity contribution in [2.45, 2.75) is 108 Å². The van der Waals surface area contributed by atoms with Crippen LogP contribution in [0.25, 0.3) is 0 Å². The summed E-state index contributed by atoms with van der Waals surface area (Å²) >= 11 is 2.74. The first kappa shape index (κ1) is 21.2. The molecule has 6 fully saturated rings. The van der Waals surface area contributed by atoms with Crippen molar-refractivity contribution in [1.82, 2.24) is 0 Å². The summed E-state index contributed by atoms with van der Waals surface area (Å²) in [6, 6.07) is 0. The van der Waals surface area contributed by atoms with Crippen LogP contribution in [0.1, 0.15) is 91.9 Å². The molecule has 170 valence electrons. The highest BCUT2D eigenvalue weighted by molar-refractivity contribution is 14.1. The lowest BCUT2D eigenvalue weighted by Gasteiger charge is -2.61. The highest BCUT2D eigenvalue weighted by Crippen LogP contribution is 2.71. The third-order valence-corrected chi connectivity index (χ3v) is 13.0. The third-order valence-electron chi connectivity index (χ3n) is 11.9. The Bertz CT molecular complexity index is 686. The SMILES string of the molecule is CC1C2C(CC3C4CCC5C[C@@H](I)CC[C@]5(C)C4CC[C@@]32C)OC12CC[C@H](C)CO2. The number of halogens is 1. The number of hydrogen-bond donors (Lipinski definition) is 0. The third kappa shape index (κ3) is 2.79. The Morgan fingerprint density at radius 3 is 2.40 bits per heavy atom. The van der Waals surface area contributed by atoms with E-state index in [1.807, 2.05) is 0 Å². The summed E-state index contributed by atoms with van der Waals surface area (Å²) in [6.07, 6.45) is 14.5. The van der Waals surface area contributed by atoms with Crippen LogP contribution in [0.3, 0.4) is 0 Å². The fourth-order valence-corrected chi connectivity index (χ4v) is 11.1. The molecule has 0 aromatic heterocycles. The van der Waals surface area contributed by atoms with E-state index in [1.54, 1.807) is 0 Å². The molecule has 2 saturated heterocycles. The Balaban J connectivity index is 1.26. The van der Waals surface area contributed by atoms with Gasteiger partial charge in [0.25, 0.3) is 0 Å². The summed E-state index contributed by atoms with van der Waals surface area (Å²) in [7, 11) is 0. The van der Waals surface area contributed by atoms with Gasteiger partial charge in [0.15, 0.2) is 5.79 Å². The predicted octanol–water partition coefficient (Wildman–Crippen LogP) is 7.24. The van der Waals surface area contributed by atoms with Crippen LogP contribution in [0, 0.1) is 52.3 Å². The van der Waals surface area contributed by atoms with Crippen LogP contribution in [0.4, 0.5) is 0 Å². The van der Waals surface area contributed by atoms with Crippen LogP contribution >= 0.6 is 22.6 Å². The van der Waals surface area contributed by atoms with Gasteiger partial charge >= 0.3 is 0 Å². The Morgan fingerprint density at radius 1 is 0.833 bits per heavy atom. The van der Waals surface area contributed by atoms with E-state index < -0.39 is 0 Å². The van der Waals surface area contributed by atoms with Crippen LogP contribution in [-0.4, -0.2) is 22.4 Å². The standard InChI is InChI=1S/C27H43IO2/c1-16-7-12-27(29-15-16)17(2)24-23(30-27)14-22-20-6-5-18-13-19(28)8-10-25(18,3)21(20)9-11-26(22,24)4/h16-24H,5-15H2,1-4H3/t16-,17?,18?,19-,20?,21?,22?,23?,24?,25-,26-,27?/m0/s1. The van der Waals surface area contributed by atoms with Gasteiger partial charge in [-0.25, -0.2) is 0 Å². The first-order valence-corrected chi connectivity index (χ1v) is 14.5. The lowest BCUT2D eigenvalue weighted by atomic mass is 9.44. The number of fused-ring (bicyclic) bond motifs is 7. The van der Waals surface area contributed by atoms with Crippen molar-refractivity contribution >= 4 is 22.6 Å². The molecule has 4 saturated carbocycles. The highest BCUT2D eigenvalue weighted by atomic mass is 127. The van der Waals surface area contributed by atoms with E-state index in [9.17, 15) is 0 Å². The topological polar surface area (TPSA) is 18.5 Å². The van der Waals surface area contributed by atoms with Gasteiger partial charge in [-0.3, -0.25) is 0 Å². The summed E-state index contributed by atoms with van der Waals surface area (Å²) in [5.74, 6) is 5.54. The predicted molar refractivity (Wildman–Crippen MR) is 130 cm³/mol. The average molecular weight is 527 g/mol. The van der Waals surface area contributed by atoms with E-state index in [-0.39, 0.29) is 5.79 Å². The second kappa shape index (κ2) is 7.08. The zero-order valence-electron chi connectivity index (χ0n) is 19.7. The van der Waals surface area contributed by atoms with E-state index in [0.29, 0.717) is 34.7 Å². The fourth-order valence-electron chi connectivity index (χ4n) is 10.2. The molecule has 3 heteroatoms. The van der Waals surface area contributed by atoms with Crippen molar-refractivity contribution in [3.8, 4) is 0 Å². The summed E-state index contributed by atoms with van der Waals surface area (Å²) in [6.45, 7) is 11.1. The zero-order valence-corrected chi connectivity index (χ0v) is 21.8. The molecule has 0 amide bonds. The molecule has 8 unspecified atom stereocenters. The summed E-state index contributed by atoms with van der Waals surface area (Å²) in [5, 5.41) is 0. The van der Waals surface area contributed by atoms with Crippen molar-refractivity contribution < 1.29 is 9.47 Å². The van der Waals surface area contributed by atoms with Crippen LogP contribution in [0.2, 0.25) is 0 Å². The maximum atomic E-state index is 6.93. The number of hydrogen-bond acceptors (Lipinski definition) is 2. The molecule has 0 aromatic carbocycles. The van der Waals surface area contributed by atoms with E-state index in [0.717, 1.165) is 40.6 Å². The summed E-state index contributed by atoms with van der Waals surface area (Å²) < 4.78 is 14.4. The molecule has 0 aromatic rings. The largest absolute Gasteiger partial charge is 0.349 e. The molecule has 1 spiro atoms. The number of ether oxygens (including phenoxy) is 2. The van der Waals surface area contributed by atoms with Gasteiger partial charge in [0.2, 0.25) is 0 Å². The van der Waals surface area contributed by atoms with Crippen molar-refractivity contribution in [3.63, 3.8) is 0 Å². The Morgan fingerprint density at radius 2 is 1.63 bits per heavy atom. The second-order valence-electron chi connectivity index (χ2n) is 13.0. The molecule has 0 bridgehead atoms. The Hall–Kier alpha value is 0.650. The minimum Gasteiger partial charge on any atom is -0.349 e. The van der Waals surface area contributed by atoms with Gasteiger partial charge in [0.05, 0.1) is 12.7 Å². The molecular weight excluding hydrogens is 483 g/mol. The van der Waals surface area contributed by atoms with Crippen molar-refractivity contribution in [2.75, 3.05) is 6.61 Å². The molecule has 30 heavy (non-hydrogen) atoms. The minimum atomic E-state index is -0.255. The molecule has 2 aliphatic heterocycles. The summed E-state index contributed by atoms with van der Waals surface area (Å²) in [4.78, 5) is 0. The molecule has 4 aliphatic carbocycles. The first-order chi connectivity index (χ1) is 14.3. The fraction of sp³-hybridized carbons (Fsp3) is 1.00. The number of rotatable bonds is 0. The quantitative estimate of drug-likeness (QED) is 0.245. The van der Waals surface area contributed by atoms with Gasteiger partial charge in [-0.2, -0.15) is 0 Å². The molecule has 12 atom stereocenters. The van der Waals surface area contributed by atoms with E-state index in [4.69, 9.17) is 9.47 Å². The molecule has 0 radical (unpaired) electrons. The zero-order chi connectivity index (χ0) is 20.9. The molecule has 0 N–H and O–H groups in total. The monoisotopic (exact) mass is 526 g/mol. The van der Waals surface area contributed by atoms with Crippen LogP contribution in [0.5, 0.6) is 0 Å². The van der Waals surface area contributed by atoms with Gasteiger partial charge < -0.3 is 9.47 Å². The van der Waals surface area contributed by atoms with Gasteiger partial charge in [-0.1, -0.05) is 50.3 Å². The lowest BCUT2D eigenvalue weighted by molar-refractivity contribution is -0.273. The molecule has 2 nitrogen and oxygen atoms in total. The Labute approximate surface area is 198 Å². The van der Waals surface area contributed by atoms with Crippen molar-refractivity contribution in [2.24, 2.45) is 52.3 Å². The summed E-state index contributed by atoms with van der Waals surface area (Å²) in [5.41, 5.74) is 1.10. The van der Waals surface area contributed by atoms with Crippen molar-refractivity contribution in [3.05, 3.63) is 0 Å². The van der Waals surface area contributed by atoms with E-state index >= 15 is 0 Å². The van der Waals surface area contributed by atoms with Gasteiger partial charge in [0.1, 0.15) is 0 Å². The maximum Gasteiger partial charge on any atom is 0.171 e. The second-order valence-corrected chi connectivity index (χ2v) is 14.8. The highest BCUT2D eigenvalue weighted by Gasteiger charge is 2.69. The van der Waals surface area contributed by atoms with Crippen LogP contribution in [-0.2, 0) is 9.47 Å². The van der Waals surface area contributed by atoms with Gasteiger partial charge in [-0.15, -0.1) is 0 Å². The Kier molecular flexibility index (Phi) is 5.00. The first-order valence-electron chi connectivity index (χ1n) is 13.2. The maximum absolute atomic E-state index is 6.93. The molecular formula is C27H43IO2. The normalized spacial score (nSPS) is 62.5. The van der Waals surface area contributed by atoms with E-state index in [1.165, 1.54) is 57.8 Å².